The molecule has 2 aromatic heterocycles. The first-order valence-corrected chi connectivity index (χ1v) is 8.15. The number of fused-ring (bicyclic) bond motifs is 1. The Hall–Kier alpha value is -1.60. The lowest BCUT2D eigenvalue weighted by Gasteiger charge is -2.26. The first kappa shape index (κ1) is 14.3. The van der Waals surface area contributed by atoms with Crippen LogP contribution in [0.25, 0.3) is 0 Å². The maximum Gasteiger partial charge on any atom is 0.355 e. The highest BCUT2D eigenvalue weighted by Gasteiger charge is 2.22. The molecular weight excluding hydrogens is 356 g/mol. The Kier molecular flexibility index (Phi) is 4.12. The molecule has 0 aliphatic carbocycles. The minimum absolute atomic E-state index is 0.161. The third kappa shape index (κ3) is 3.19. The van der Waals surface area contributed by atoms with Crippen molar-refractivity contribution in [1.29, 1.82) is 0 Å². The number of hydrogen-bond donors (Lipinski definition) is 1. The summed E-state index contributed by atoms with van der Waals surface area (Å²) in [6.45, 7) is 1.05. The van der Waals surface area contributed by atoms with Crippen molar-refractivity contribution in [2.45, 2.75) is 13.0 Å². The summed E-state index contributed by atoms with van der Waals surface area (Å²) in [5, 5.41) is 2.04. The summed E-state index contributed by atoms with van der Waals surface area (Å²) in [6, 6.07) is 3.66. The fourth-order valence-electron chi connectivity index (χ4n) is 2.24. The van der Waals surface area contributed by atoms with Gasteiger partial charge in [0.1, 0.15) is 5.69 Å². The lowest BCUT2D eigenvalue weighted by Crippen LogP contribution is -2.38. The lowest BCUT2D eigenvalue weighted by atomic mass is 10.1. The maximum atomic E-state index is 12.1. The van der Waals surface area contributed by atoms with Crippen molar-refractivity contribution in [3.8, 4) is 0 Å². The van der Waals surface area contributed by atoms with E-state index in [1.165, 1.54) is 10.4 Å². The summed E-state index contributed by atoms with van der Waals surface area (Å²) in [5.41, 5.74) is 1.52. The molecule has 0 atom stereocenters. The second kappa shape index (κ2) is 6.03. The molecule has 0 spiro atoms. The van der Waals surface area contributed by atoms with Crippen LogP contribution in [0.15, 0.2) is 28.2 Å². The first-order chi connectivity index (χ1) is 10.1. The molecule has 0 fully saturated rings. The first-order valence-electron chi connectivity index (χ1n) is 6.47. The van der Waals surface area contributed by atoms with Gasteiger partial charge in [0.2, 0.25) is 0 Å². The van der Waals surface area contributed by atoms with Gasteiger partial charge in [-0.3, -0.25) is 4.79 Å². The quantitative estimate of drug-likeness (QED) is 0.846. The minimum atomic E-state index is -0.526. The number of amides is 1. The number of H-pyrrole nitrogens is 1. The van der Waals surface area contributed by atoms with Gasteiger partial charge in [-0.2, -0.15) is 0 Å². The molecule has 0 saturated carbocycles. The van der Waals surface area contributed by atoms with Gasteiger partial charge in [-0.05, 0) is 45.4 Å². The van der Waals surface area contributed by atoms with Crippen LogP contribution in [0.2, 0.25) is 0 Å². The molecule has 2 aromatic rings. The van der Waals surface area contributed by atoms with Crippen molar-refractivity contribution in [3.63, 3.8) is 0 Å². The van der Waals surface area contributed by atoms with Crippen molar-refractivity contribution in [1.82, 2.24) is 9.88 Å². The Morgan fingerprint density at radius 3 is 3.10 bits per heavy atom. The normalized spacial score (nSPS) is 13.9. The van der Waals surface area contributed by atoms with Gasteiger partial charge < -0.3 is 14.6 Å². The summed E-state index contributed by atoms with van der Waals surface area (Å²) in [4.78, 5) is 29.7. The average Bonchev–Trinajstić information content (AvgIpc) is 3.12. The number of thiophene rings is 1. The number of aromatic nitrogens is 1. The van der Waals surface area contributed by atoms with Crippen LogP contribution in [-0.4, -0.2) is 34.9 Å². The number of hydrogen-bond acceptors (Lipinski definition) is 4. The van der Waals surface area contributed by atoms with Crippen LogP contribution in [0.3, 0.4) is 0 Å². The van der Waals surface area contributed by atoms with Gasteiger partial charge in [-0.15, -0.1) is 11.3 Å². The summed E-state index contributed by atoms with van der Waals surface area (Å²) < 4.78 is 5.81. The summed E-state index contributed by atoms with van der Waals surface area (Å²) in [5.74, 6) is -0.687. The van der Waals surface area contributed by atoms with Gasteiger partial charge in [0.15, 0.2) is 6.61 Å². The molecule has 1 aliphatic heterocycles. The monoisotopic (exact) mass is 368 g/mol. The molecule has 0 saturated heterocycles. The van der Waals surface area contributed by atoms with E-state index in [1.54, 1.807) is 28.5 Å². The van der Waals surface area contributed by atoms with Gasteiger partial charge in [0.25, 0.3) is 5.91 Å². The second-order valence-corrected chi connectivity index (χ2v) is 6.66. The Balaban J connectivity index is 1.54. The van der Waals surface area contributed by atoms with Crippen molar-refractivity contribution in [2.24, 2.45) is 0 Å². The average molecular weight is 369 g/mol. The van der Waals surface area contributed by atoms with Crippen LogP contribution in [0, 0.1) is 0 Å². The third-order valence-corrected chi connectivity index (χ3v) is 4.84. The van der Waals surface area contributed by atoms with Crippen molar-refractivity contribution in [3.05, 3.63) is 44.3 Å². The van der Waals surface area contributed by atoms with E-state index in [2.05, 4.69) is 20.9 Å². The second-order valence-electron chi connectivity index (χ2n) is 4.74. The van der Waals surface area contributed by atoms with E-state index in [0.717, 1.165) is 10.9 Å². The van der Waals surface area contributed by atoms with E-state index in [1.807, 2.05) is 11.4 Å². The Bertz CT molecular complexity index is 679. The molecule has 3 rings (SSSR count). The van der Waals surface area contributed by atoms with Crippen molar-refractivity contribution in [2.75, 3.05) is 13.2 Å². The van der Waals surface area contributed by atoms with Crippen LogP contribution in [0.5, 0.6) is 0 Å². The van der Waals surface area contributed by atoms with Gasteiger partial charge in [0.05, 0.1) is 0 Å². The molecule has 7 heteroatoms. The van der Waals surface area contributed by atoms with E-state index in [9.17, 15) is 9.59 Å². The van der Waals surface area contributed by atoms with Crippen LogP contribution in [-0.2, 0) is 22.5 Å². The Morgan fingerprint density at radius 1 is 1.48 bits per heavy atom. The highest BCUT2D eigenvalue weighted by Crippen LogP contribution is 2.24. The molecule has 1 aliphatic rings. The number of nitrogens with one attached hydrogen (secondary N) is 1. The molecule has 0 aromatic carbocycles. The van der Waals surface area contributed by atoms with Crippen LogP contribution >= 0.6 is 27.3 Å². The largest absolute Gasteiger partial charge is 0.451 e. The number of aromatic amines is 1. The number of halogens is 1. The van der Waals surface area contributed by atoms with Gasteiger partial charge in [0, 0.05) is 28.6 Å². The molecular formula is C14H13BrN2O3S. The number of carbonyl (C=O) groups is 2. The van der Waals surface area contributed by atoms with E-state index in [-0.39, 0.29) is 12.5 Å². The van der Waals surface area contributed by atoms with Crippen LogP contribution in [0.1, 0.15) is 20.9 Å². The van der Waals surface area contributed by atoms with E-state index < -0.39 is 5.97 Å². The maximum absolute atomic E-state index is 12.1. The number of nitrogens with zero attached hydrogens (tertiary/aromatic N) is 1. The van der Waals surface area contributed by atoms with Crippen LogP contribution < -0.4 is 0 Å². The van der Waals surface area contributed by atoms with Crippen molar-refractivity contribution < 1.29 is 14.3 Å². The SMILES string of the molecule is O=C(OCC(=O)N1CCc2sccc2C1)c1cc(Br)c[nH]1. The number of carbonyl (C=O) groups excluding carboxylic acids is 2. The zero-order valence-electron chi connectivity index (χ0n) is 11.1. The molecule has 1 N–H and O–H groups in total. The third-order valence-electron chi connectivity index (χ3n) is 3.35. The molecule has 1 amide bonds. The molecule has 21 heavy (non-hydrogen) atoms. The zero-order chi connectivity index (χ0) is 14.8. The predicted molar refractivity (Wildman–Crippen MR) is 82.2 cm³/mol. The zero-order valence-corrected chi connectivity index (χ0v) is 13.5. The number of rotatable bonds is 3. The predicted octanol–water partition coefficient (Wildman–Crippen LogP) is 2.58. The highest BCUT2D eigenvalue weighted by atomic mass is 79.9. The minimum Gasteiger partial charge on any atom is -0.451 e. The number of ether oxygens (including phenoxy) is 1. The highest BCUT2D eigenvalue weighted by molar-refractivity contribution is 9.10. The Morgan fingerprint density at radius 2 is 2.33 bits per heavy atom. The van der Waals surface area contributed by atoms with Crippen molar-refractivity contribution >= 4 is 39.1 Å². The molecule has 0 unspecified atom stereocenters. The number of esters is 1. The Labute approximate surface area is 134 Å². The smallest absolute Gasteiger partial charge is 0.355 e. The molecule has 5 nitrogen and oxygen atoms in total. The summed E-state index contributed by atoms with van der Waals surface area (Å²) in [6.07, 6.45) is 2.51. The fraction of sp³-hybridized carbons (Fsp3) is 0.286. The molecule has 110 valence electrons. The summed E-state index contributed by atoms with van der Waals surface area (Å²) in [7, 11) is 0. The summed E-state index contributed by atoms with van der Waals surface area (Å²) >= 11 is 4.97. The standard InChI is InChI=1S/C14H13BrN2O3S/c15-10-5-11(16-6-10)14(19)20-8-13(18)17-3-1-12-9(7-17)2-4-21-12/h2,4-6,16H,1,3,7-8H2. The fourth-order valence-corrected chi connectivity index (χ4v) is 3.48. The lowest BCUT2D eigenvalue weighted by molar-refractivity contribution is -0.135. The molecule has 0 radical (unpaired) electrons. The molecule has 0 bridgehead atoms. The molecule has 3 heterocycles. The van der Waals surface area contributed by atoms with Gasteiger partial charge >= 0.3 is 5.97 Å². The topological polar surface area (TPSA) is 62.4 Å². The van der Waals surface area contributed by atoms with Crippen LogP contribution in [0.4, 0.5) is 0 Å². The van der Waals surface area contributed by atoms with Gasteiger partial charge in [-0.25, -0.2) is 4.79 Å². The van der Waals surface area contributed by atoms with E-state index >= 15 is 0 Å². The van der Waals surface area contributed by atoms with E-state index in [0.29, 0.717) is 18.8 Å². The van der Waals surface area contributed by atoms with Gasteiger partial charge in [-0.1, -0.05) is 0 Å². The van der Waals surface area contributed by atoms with E-state index in [4.69, 9.17) is 4.74 Å².